The van der Waals surface area contributed by atoms with Gasteiger partial charge in [0.25, 0.3) is 0 Å². The SMILES string of the molecule is [2H]c1nc([2H])n([2H])n1. The Morgan fingerprint density at radius 2 is 3.20 bits per heavy atom. The van der Waals surface area contributed by atoms with Gasteiger partial charge in [0.1, 0.15) is 15.3 Å². The molecule has 0 atom stereocenters. The molecule has 3 heteroatoms. The lowest BCUT2D eigenvalue weighted by Crippen LogP contribution is -1.53. The van der Waals surface area contributed by atoms with Crippen LogP contribution in [0, 0.1) is 0 Å². The van der Waals surface area contributed by atoms with Crippen molar-refractivity contribution in [3.8, 4) is 0 Å². The van der Waals surface area contributed by atoms with Crippen LogP contribution in [-0.4, -0.2) is 15.2 Å². The third-order valence-electron chi connectivity index (χ3n) is 0.239. The van der Waals surface area contributed by atoms with Gasteiger partial charge in [-0.15, -0.1) is 0 Å². The van der Waals surface area contributed by atoms with E-state index in [-0.39, 0.29) is 12.6 Å². The van der Waals surface area contributed by atoms with Gasteiger partial charge in [-0.05, 0) is 0 Å². The van der Waals surface area contributed by atoms with Crippen molar-refractivity contribution in [3.05, 3.63) is 12.6 Å². The van der Waals surface area contributed by atoms with E-state index in [1.54, 1.807) is 0 Å². The summed E-state index contributed by atoms with van der Waals surface area (Å²) < 4.78 is 20.1. The number of hydrogen-bond acceptors (Lipinski definition) is 2. The summed E-state index contributed by atoms with van der Waals surface area (Å²) in [5.41, 5.74) is 0. The van der Waals surface area contributed by atoms with Crippen molar-refractivity contribution in [2.75, 3.05) is 0 Å². The maximum absolute atomic E-state index is 6.72. The molecule has 26 valence electrons. The molecule has 5 heavy (non-hydrogen) atoms. The summed E-state index contributed by atoms with van der Waals surface area (Å²) in [4.78, 5) is 3.21. The van der Waals surface area contributed by atoms with Crippen molar-refractivity contribution in [2.24, 2.45) is 0 Å². The Hall–Kier alpha value is -0.860. The van der Waals surface area contributed by atoms with Crippen LogP contribution < -0.4 is 0 Å². The molecule has 1 N–H and O–H groups in total. The third-order valence-corrected chi connectivity index (χ3v) is 0.239. The summed E-state index contributed by atoms with van der Waals surface area (Å²) in [6.45, 7) is 0. The van der Waals surface area contributed by atoms with Gasteiger partial charge in [0.05, 0.1) is 0 Å². The number of aromatic nitrogens is 3. The van der Waals surface area contributed by atoms with Crippen molar-refractivity contribution in [1.82, 2.24) is 15.2 Å². The van der Waals surface area contributed by atoms with E-state index in [0.29, 0.717) is 5.09 Å². The highest BCUT2D eigenvalue weighted by atomic mass is 15.2. The van der Waals surface area contributed by atoms with Gasteiger partial charge in [0.15, 0.2) is 1.41 Å². The second-order valence-corrected chi connectivity index (χ2v) is 0.512. The van der Waals surface area contributed by atoms with Crippen molar-refractivity contribution < 1.29 is 4.15 Å². The lowest BCUT2D eigenvalue weighted by Gasteiger charge is -1.46. The summed E-state index contributed by atoms with van der Waals surface area (Å²) in [6, 6.07) is 0. The summed E-state index contributed by atoms with van der Waals surface area (Å²) in [6.07, 6.45) is -0.597. The van der Waals surface area contributed by atoms with E-state index in [1.165, 1.54) is 0 Å². The zero-order chi connectivity index (χ0) is 6.15. The molecule has 0 fully saturated rings. The van der Waals surface area contributed by atoms with E-state index in [1.807, 2.05) is 0 Å². The number of aromatic amines is 1. The molecule has 1 aromatic heterocycles. The predicted molar refractivity (Wildman–Crippen MR) is 16.4 cm³/mol. The molecule has 0 spiro atoms. The van der Waals surface area contributed by atoms with Crippen molar-refractivity contribution >= 4 is 0 Å². The minimum absolute atomic E-state index is 0.287. The van der Waals surface area contributed by atoms with Crippen molar-refractivity contribution in [1.29, 1.82) is 0 Å². The molecule has 0 aliphatic rings. The predicted octanol–water partition coefficient (Wildman–Crippen LogP) is -0.195. The molecule has 1 heterocycles. The van der Waals surface area contributed by atoms with E-state index >= 15 is 0 Å². The molecule has 3 nitrogen and oxygen atoms in total. The molecule has 1 rings (SSSR count). The first-order chi connectivity index (χ1) is 3.70. The molecular formula is C2H3N3. The molecule has 0 bridgehead atoms. The first-order valence-electron chi connectivity index (χ1n) is 2.54. The first-order valence-corrected chi connectivity index (χ1v) is 1.09. The topological polar surface area (TPSA) is 41.6 Å². The van der Waals surface area contributed by atoms with Gasteiger partial charge in [0.2, 0.25) is 0 Å². The van der Waals surface area contributed by atoms with Crippen LogP contribution in [-0.2, 0) is 0 Å². The van der Waals surface area contributed by atoms with E-state index in [4.69, 9.17) is 4.15 Å². The minimum Gasteiger partial charge on any atom is -0.266 e. The number of H-pyrrole nitrogens is 1. The van der Waals surface area contributed by atoms with Crippen LogP contribution in [0.3, 0.4) is 0 Å². The summed E-state index contributed by atoms with van der Waals surface area (Å²) in [5.74, 6) is 0. The van der Waals surface area contributed by atoms with Gasteiger partial charge in [-0.25, -0.2) is 4.98 Å². The minimum atomic E-state index is -0.310. The fourth-order valence-electron chi connectivity index (χ4n) is 0.112. The van der Waals surface area contributed by atoms with E-state index in [2.05, 4.69) is 10.1 Å². The molecule has 0 aromatic carbocycles. The highest BCUT2D eigenvalue weighted by Crippen LogP contribution is 1.53. The second kappa shape index (κ2) is 0.839. The quantitative estimate of drug-likeness (QED) is 0.461. The van der Waals surface area contributed by atoms with Crippen LogP contribution in [0.1, 0.15) is 2.74 Å². The fourth-order valence-corrected chi connectivity index (χ4v) is 0.112. The smallest absolute Gasteiger partial charge is 0.191 e. The van der Waals surface area contributed by atoms with E-state index in [9.17, 15) is 0 Å². The van der Waals surface area contributed by atoms with Crippen LogP contribution in [0.2, 0.25) is 1.41 Å². The average Bonchev–Trinajstić information content (AvgIpc) is 1.85. The molecule has 0 radical (unpaired) electrons. The molecule has 0 aliphatic heterocycles. The summed E-state index contributed by atoms with van der Waals surface area (Å²) in [5, 5.41) is 3.65. The lowest BCUT2D eigenvalue weighted by atomic mass is 11.3. The van der Waals surface area contributed by atoms with Crippen LogP contribution >= 0.6 is 0 Å². The molecule has 0 amide bonds. The Morgan fingerprint density at radius 1 is 2.20 bits per heavy atom. The Balaban J connectivity index is 3.14. The lowest BCUT2D eigenvalue weighted by molar-refractivity contribution is 1.09. The zero-order valence-corrected chi connectivity index (χ0v) is 2.34. The second-order valence-electron chi connectivity index (χ2n) is 0.512. The average molecular weight is 72.1 g/mol. The van der Waals surface area contributed by atoms with Crippen LogP contribution in [0.4, 0.5) is 0 Å². The van der Waals surface area contributed by atoms with Gasteiger partial charge in [0, 0.05) is 0 Å². The maximum atomic E-state index is 6.72. The molecular weight excluding hydrogens is 66.0 g/mol. The van der Waals surface area contributed by atoms with Crippen LogP contribution in [0.5, 0.6) is 0 Å². The number of rotatable bonds is 0. The van der Waals surface area contributed by atoms with Crippen LogP contribution in [0.15, 0.2) is 12.6 Å². The van der Waals surface area contributed by atoms with Crippen LogP contribution in [0.25, 0.3) is 0 Å². The summed E-state index contributed by atoms with van der Waals surface area (Å²) >= 11 is 0. The normalized spacial score (nSPS) is 16.4. The zero-order valence-electron chi connectivity index (χ0n) is 5.34. The maximum Gasteiger partial charge on any atom is 0.191 e. The van der Waals surface area contributed by atoms with E-state index < -0.39 is 0 Å². The molecule has 0 saturated carbocycles. The van der Waals surface area contributed by atoms with E-state index in [0.717, 1.165) is 0 Å². The summed E-state index contributed by atoms with van der Waals surface area (Å²) in [7, 11) is 0. The standard InChI is InChI=1S/C2H3N3/c1-3-2-5-4-1/h1-2H,(H,3,4,5)/i1D,2D/hD. The van der Waals surface area contributed by atoms with Gasteiger partial charge in [-0.3, -0.25) is 5.09 Å². The monoisotopic (exact) mass is 72.1 g/mol. The Kier molecular flexibility index (Phi) is 0.134. The highest BCUT2D eigenvalue weighted by Gasteiger charge is 1.57. The highest BCUT2D eigenvalue weighted by molar-refractivity contribution is 4.43. The Morgan fingerprint density at radius 3 is 3.40 bits per heavy atom. The van der Waals surface area contributed by atoms with Crippen molar-refractivity contribution in [2.45, 2.75) is 0 Å². The van der Waals surface area contributed by atoms with Gasteiger partial charge in [-0.2, -0.15) is 5.10 Å². The number of nitrogens with one attached hydrogen (secondary N) is 1. The van der Waals surface area contributed by atoms with Crippen molar-refractivity contribution in [3.63, 3.8) is 0 Å². The first kappa shape index (κ1) is 0.801. The van der Waals surface area contributed by atoms with Gasteiger partial charge < -0.3 is 0 Å². The van der Waals surface area contributed by atoms with Gasteiger partial charge >= 0.3 is 0 Å². The third kappa shape index (κ3) is 0.238. The number of hydrogen-bond donors (Lipinski definition) is 1. The number of nitrogens with zero attached hydrogens (tertiary/aromatic N) is 2. The Labute approximate surface area is 33.3 Å². The molecule has 1 aromatic rings. The fraction of sp³-hybridized carbons (Fsp3) is 0. The van der Waals surface area contributed by atoms with Gasteiger partial charge in [-0.1, -0.05) is 0 Å². The molecule has 0 aliphatic carbocycles. The molecule has 0 unspecified atom stereocenters. The largest absolute Gasteiger partial charge is 0.266 e. The molecule has 0 saturated heterocycles. The Bertz CT molecular complexity index is 175.